The molecule has 1 amide bonds. The predicted molar refractivity (Wildman–Crippen MR) is 104 cm³/mol. The maximum Gasteiger partial charge on any atom is 0.274 e. The molecule has 0 spiro atoms. The minimum Gasteiger partial charge on any atom is -0.496 e. The van der Waals surface area contributed by atoms with Crippen LogP contribution in [-0.2, 0) is 6.54 Å². The van der Waals surface area contributed by atoms with E-state index >= 15 is 0 Å². The van der Waals surface area contributed by atoms with Crippen molar-refractivity contribution >= 4 is 28.9 Å². The number of benzene rings is 2. The summed E-state index contributed by atoms with van der Waals surface area (Å²) >= 11 is 5.85. The largest absolute Gasteiger partial charge is 0.496 e. The van der Waals surface area contributed by atoms with Crippen LogP contribution in [0.4, 0.5) is 11.4 Å². The summed E-state index contributed by atoms with van der Waals surface area (Å²) in [6.45, 7) is 0.576. The second-order valence-electron chi connectivity index (χ2n) is 5.56. The van der Waals surface area contributed by atoms with Crippen molar-refractivity contribution in [2.24, 2.45) is 0 Å². The van der Waals surface area contributed by atoms with Gasteiger partial charge in [0.15, 0.2) is 0 Å². The molecule has 26 heavy (non-hydrogen) atoms. The van der Waals surface area contributed by atoms with Gasteiger partial charge in [-0.3, -0.25) is 9.78 Å². The van der Waals surface area contributed by atoms with Gasteiger partial charge < -0.3 is 15.4 Å². The Hall–Kier alpha value is -3.05. The number of carbonyl (C=O) groups excluding carboxylic acids is 1. The van der Waals surface area contributed by atoms with E-state index in [4.69, 9.17) is 16.3 Å². The number of hydrogen-bond donors (Lipinski definition) is 2. The van der Waals surface area contributed by atoms with Crippen LogP contribution in [0.25, 0.3) is 0 Å². The molecular formula is C20H18ClN3O2. The van der Waals surface area contributed by atoms with Crippen molar-refractivity contribution in [1.82, 2.24) is 4.98 Å². The third kappa shape index (κ3) is 4.52. The highest BCUT2D eigenvalue weighted by Crippen LogP contribution is 2.19. The molecule has 2 N–H and O–H groups in total. The number of carbonyl (C=O) groups is 1. The van der Waals surface area contributed by atoms with Gasteiger partial charge in [0, 0.05) is 34.7 Å². The lowest BCUT2D eigenvalue weighted by Gasteiger charge is -2.11. The summed E-state index contributed by atoms with van der Waals surface area (Å²) in [5, 5.41) is 6.70. The first-order valence-electron chi connectivity index (χ1n) is 8.04. The van der Waals surface area contributed by atoms with Crippen LogP contribution in [0.5, 0.6) is 5.75 Å². The Kier molecular flexibility index (Phi) is 5.71. The topological polar surface area (TPSA) is 63.2 Å². The van der Waals surface area contributed by atoms with E-state index in [-0.39, 0.29) is 5.91 Å². The summed E-state index contributed by atoms with van der Waals surface area (Å²) in [5.41, 5.74) is 2.81. The lowest BCUT2D eigenvalue weighted by Crippen LogP contribution is -2.14. The molecule has 6 heteroatoms. The van der Waals surface area contributed by atoms with Gasteiger partial charge in [0.05, 0.1) is 7.11 Å². The van der Waals surface area contributed by atoms with E-state index in [1.54, 1.807) is 43.6 Å². The first-order valence-corrected chi connectivity index (χ1v) is 8.42. The second kappa shape index (κ2) is 8.36. The zero-order valence-electron chi connectivity index (χ0n) is 14.2. The molecular weight excluding hydrogens is 350 g/mol. The Balaban J connectivity index is 1.67. The third-order valence-electron chi connectivity index (χ3n) is 3.77. The maximum atomic E-state index is 12.4. The van der Waals surface area contributed by atoms with E-state index in [0.29, 0.717) is 22.9 Å². The summed E-state index contributed by atoms with van der Waals surface area (Å²) in [7, 11) is 1.64. The Morgan fingerprint density at radius 1 is 1.08 bits per heavy atom. The van der Waals surface area contributed by atoms with E-state index in [9.17, 15) is 4.79 Å². The minimum atomic E-state index is -0.284. The molecule has 132 valence electrons. The Morgan fingerprint density at radius 3 is 2.62 bits per heavy atom. The van der Waals surface area contributed by atoms with Crippen molar-refractivity contribution in [1.29, 1.82) is 0 Å². The SMILES string of the molecule is COc1ccccc1CNc1ccnc(C(=O)Nc2ccc(Cl)cc2)c1. The van der Waals surface area contributed by atoms with Crippen molar-refractivity contribution in [3.05, 3.63) is 83.1 Å². The fourth-order valence-corrected chi connectivity index (χ4v) is 2.57. The van der Waals surface area contributed by atoms with Crippen molar-refractivity contribution in [3.8, 4) is 5.75 Å². The normalized spacial score (nSPS) is 10.2. The van der Waals surface area contributed by atoms with Gasteiger partial charge in [0.2, 0.25) is 0 Å². The molecule has 0 aliphatic rings. The predicted octanol–water partition coefficient (Wildman–Crippen LogP) is 4.61. The molecule has 0 saturated carbocycles. The highest BCUT2D eigenvalue weighted by atomic mass is 35.5. The van der Waals surface area contributed by atoms with Gasteiger partial charge in [0.1, 0.15) is 11.4 Å². The van der Waals surface area contributed by atoms with Gasteiger partial charge in [-0.2, -0.15) is 0 Å². The molecule has 0 aliphatic carbocycles. The molecule has 1 aromatic heterocycles. The van der Waals surface area contributed by atoms with Crippen LogP contribution in [0.15, 0.2) is 66.9 Å². The van der Waals surface area contributed by atoms with E-state index in [2.05, 4.69) is 15.6 Å². The van der Waals surface area contributed by atoms with Gasteiger partial charge in [-0.05, 0) is 42.5 Å². The van der Waals surface area contributed by atoms with Crippen molar-refractivity contribution in [2.45, 2.75) is 6.54 Å². The number of para-hydroxylation sites is 1. The lowest BCUT2D eigenvalue weighted by molar-refractivity contribution is 0.102. The molecule has 0 saturated heterocycles. The number of rotatable bonds is 6. The van der Waals surface area contributed by atoms with Crippen LogP contribution in [0, 0.1) is 0 Å². The molecule has 0 bridgehead atoms. The molecule has 2 aromatic carbocycles. The number of aromatic nitrogens is 1. The quantitative estimate of drug-likeness (QED) is 0.668. The summed E-state index contributed by atoms with van der Waals surface area (Å²) in [4.78, 5) is 16.5. The number of nitrogens with one attached hydrogen (secondary N) is 2. The zero-order valence-corrected chi connectivity index (χ0v) is 15.0. The number of anilines is 2. The molecule has 1 heterocycles. The third-order valence-corrected chi connectivity index (χ3v) is 4.02. The number of pyridine rings is 1. The first-order chi connectivity index (χ1) is 12.7. The highest BCUT2D eigenvalue weighted by Gasteiger charge is 2.09. The molecule has 3 rings (SSSR count). The Bertz CT molecular complexity index is 898. The van der Waals surface area contributed by atoms with Gasteiger partial charge in [0.25, 0.3) is 5.91 Å². The molecule has 0 unspecified atom stereocenters. The second-order valence-corrected chi connectivity index (χ2v) is 5.99. The number of ether oxygens (including phenoxy) is 1. The molecule has 0 fully saturated rings. The van der Waals surface area contributed by atoms with Crippen molar-refractivity contribution < 1.29 is 9.53 Å². The molecule has 3 aromatic rings. The van der Waals surface area contributed by atoms with Crippen molar-refractivity contribution in [2.75, 3.05) is 17.7 Å². The summed E-state index contributed by atoms with van der Waals surface area (Å²) < 4.78 is 5.34. The standard InChI is InChI=1S/C20H18ClN3O2/c1-26-19-5-3-2-4-14(19)13-23-17-10-11-22-18(12-17)20(25)24-16-8-6-15(21)7-9-16/h2-12H,13H2,1H3,(H,22,23)(H,24,25). The van der Waals surface area contributed by atoms with E-state index in [1.807, 2.05) is 30.3 Å². The number of methoxy groups -OCH3 is 1. The summed E-state index contributed by atoms with van der Waals surface area (Å²) in [6.07, 6.45) is 1.60. The van der Waals surface area contributed by atoms with Crippen LogP contribution in [-0.4, -0.2) is 18.0 Å². The smallest absolute Gasteiger partial charge is 0.274 e. The number of nitrogens with zero attached hydrogens (tertiary/aromatic N) is 1. The fraction of sp³-hybridized carbons (Fsp3) is 0.100. The van der Waals surface area contributed by atoms with Crippen LogP contribution >= 0.6 is 11.6 Å². The molecule has 5 nitrogen and oxygen atoms in total. The number of amides is 1. The van der Waals surface area contributed by atoms with Crippen LogP contribution < -0.4 is 15.4 Å². The van der Waals surface area contributed by atoms with Crippen LogP contribution in [0.1, 0.15) is 16.1 Å². The monoisotopic (exact) mass is 367 g/mol. The van der Waals surface area contributed by atoms with E-state index in [0.717, 1.165) is 17.0 Å². The highest BCUT2D eigenvalue weighted by molar-refractivity contribution is 6.30. The number of halogens is 1. The van der Waals surface area contributed by atoms with Crippen LogP contribution in [0.2, 0.25) is 5.02 Å². The average Bonchev–Trinajstić information content (AvgIpc) is 2.68. The molecule has 0 aliphatic heterocycles. The van der Waals surface area contributed by atoms with Gasteiger partial charge in [-0.1, -0.05) is 29.8 Å². The van der Waals surface area contributed by atoms with E-state index in [1.165, 1.54) is 0 Å². The fourth-order valence-electron chi connectivity index (χ4n) is 2.44. The van der Waals surface area contributed by atoms with Crippen LogP contribution in [0.3, 0.4) is 0 Å². The Labute approximate surface area is 157 Å². The zero-order chi connectivity index (χ0) is 18.4. The van der Waals surface area contributed by atoms with Gasteiger partial charge in [-0.15, -0.1) is 0 Å². The maximum absolute atomic E-state index is 12.4. The molecule has 0 atom stereocenters. The first kappa shape index (κ1) is 17.8. The van der Waals surface area contributed by atoms with E-state index < -0.39 is 0 Å². The Morgan fingerprint density at radius 2 is 1.85 bits per heavy atom. The average molecular weight is 368 g/mol. The van der Waals surface area contributed by atoms with Gasteiger partial charge >= 0.3 is 0 Å². The minimum absolute atomic E-state index is 0.284. The van der Waals surface area contributed by atoms with Crippen molar-refractivity contribution in [3.63, 3.8) is 0 Å². The summed E-state index contributed by atoms with van der Waals surface area (Å²) in [6, 6.07) is 18.2. The number of hydrogen-bond acceptors (Lipinski definition) is 4. The molecule has 0 radical (unpaired) electrons. The summed E-state index contributed by atoms with van der Waals surface area (Å²) in [5.74, 6) is 0.531. The lowest BCUT2D eigenvalue weighted by atomic mass is 10.2. The van der Waals surface area contributed by atoms with Gasteiger partial charge in [-0.25, -0.2) is 0 Å².